The van der Waals surface area contributed by atoms with Gasteiger partial charge in [-0.1, -0.05) is 42.0 Å². The Labute approximate surface area is 117 Å². The second kappa shape index (κ2) is 6.21. The van der Waals surface area contributed by atoms with E-state index in [2.05, 4.69) is 5.32 Å². The molecule has 3 N–H and O–H groups in total. The number of aryl methyl sites for hydroxylation is 1. The van der Waals surface area contributed by atoms with Gasteiger partial charge < -0.3 is 15.5 Å². The molecule has 0 aliphatic carbocycles. The van der Waals surface area contributed by atoms with Gasteiger partial charge in [-0.2, -0.15) is 0 Å². The molecule has 4 nitrogen and oxygen atoms in total. The number of benzene rings is 2. The van der Waals surface area contributed by atoms with Gasteiger partial charge in [0.25, 0.3) is 5.91 Å². The number of aliphatic hydroxyl groups excluding tert-OH is 1. The molecule has 2 aromatic carbocycles. The van der Waals surface area contributed by atoms with Crippen LogP contribution in [0.1, 0.15) is 27.5 Å². The minimum Gasteiger partial charge on any atom is -0.507 e. The molecule has 0 radical (unpaired) electrons. The van der Waals surface area contributed by atoms with E-state index in [1.165, 1.54) is 6.07 Å². The molecule has 0 aromatic heterocycles. The molecular weight excluding hydrogens is 254 g/mol. The number of carbonyl (C=O) groups excluding carboxylic acids is 1. The van der Waals surface area contributed by atoms with Crippen molar-refractivity contribution in [1.29, 1.82) is 0 Å². The van der Waals surface area contributed by atoms with Gasteiger partial charge in [-0.25, -0.2) is 0 Å². The molecule has 0 saturated carbocycles. The third-order valence-electron chi connectivity index (χ3n) is 3.09. The monoisotopic (exact) mass is 271 g/mol. The van der Waals surface area contributed by atoms with Gasteiger partial charge >= 0.3 is 0 Å². The zero-order chi connectivity index (χ0) is 14.5. The molecule has 2 aromatic rings. The molecule has 0 spiro atoms. The first-order valence-corrected chi connectivity index (χ1v) is 6.38. The summed E-state index contributed by atoms with van der Waals surface area (Å²) in [7, 11) is 0. The lowest BCUT2D eigenvalue weighted by Gasteiger charge is -2.17. The first-order chi connectivity index (χ1) is 9.61. The van der Waals surface area contributed by atoms with Crippen molar-refractivity contribution >= 4 is 5.91 Å². The normalized spacial score (nSPS) is 11.9. The molecule has 0 bridgehead atoms. The highest BCUT2D eigenvalue weighted by Crippen LogP contribution is 2.20. The Balaban J connectivity index is 2.20. The zero-order valence-electron chi connectivity index (χ0n) is 11.2. The lowest BCUT2D eigenvalue weighted by atomic mass is 10.1. The van der Waals surface area contributed by atoms with Crippen molar-refractivity contribution in [2.75, 3.05) is 6.61 Å². The number of amides is 1. The summed E-state index contributed by atoms with van der Waals surface area (Å²) in [6.07, 6.45) is 0. The van der Waals surface area contributed by atoms with Gasteiger partial charge in [0.2, 0.25) is 0 Å². The fraction of sp³-hybridized carbons (Fsp3) is 0.188. The molecule has 0 heterocycles. The maximum absolute atomic E-state index is 12.2. The van der Waals surface area contributed by atoms with E-state index in [4.69, 9.17) is 0 Å². The molecule has 4 heteroatoms. The van der Waals surface area contributed by atoms with Crippen molar-refractivity contribution in [1.82, 2.24) is 5.32 Å². The van der Waals surface area contributed by atoms with Gasteiger partial charge in [-0.15, -0.1) is 0 Å². The second-order valence-electron chi connectivity index (χ2n) is 4.64. The second-order valence-corrected chi connectivity index (χ2v) is 4.64. The first kappa shape index (κ1) is 14.1. The number of aromatic hydroxyl groups is 1. The van der Waals surface area contributed by atoms with Crippen LogP contribution in [0.2, 0.25) is 0 Å². The number of carbonyl (C=O) groups is 1. The summed E-state index contributed by atoms with van der Waals surface area (Å²) in [5.41, 5.74) is 1.91. The van der Waals surface area contributed by atoms with E-state index < -0.39 is 11.9 Å². The molecule has 0 saturated heterocycles. The van der Waals surface area contributed by atoms with Crippen LogP contribution in [0.3, 0.4) is 0 Å². The molecule has 2 rings (SSSR count). The summed E-state index contributed by atoms with van der Waals surface area (Å²) < 4.78 is 0. The van der Waals surface area contributed by atoms with Crippen LogP contribution in [0.5, 0.6) is 5.75 Å². The number of rotatable bonds is 4. The topological polar surface area (TPSA) is 69.6 Å². The summed E-state index contributed by atoms with van der Waals surface area (Å²) >= 11 is 0. The minimum atomic E-state index is -0.497. The van der Waals surface area contributed by atoms with Crippen LogP contribution in [0.25, 0.3) is 0 Å². The van der Waals surface area contributed by atoms with Crippen LogP contribution in [0.15, 0.2) is 48.5 Å². The van der Waals surface area contributed by atoms with Gasteiger partial charge in [0, 0.05) is 0 Å². The molecule has 1 unspecified atom stereocenters. The van der Waals surface area contributed by atoms with Crippen molar-refractivity contribution in [3.63, 3.8) is 0 Å². The Morgan fingerprint density at radius 1 is 1.20 bits per heavy atom. The largest absolute Gasteiger partial charge is 0.507 e. The number of phenolic OH excluding ortho intramolecular Hbond substituents is 1. The van der Waals surface area contributed by atoms with Crippen LogP contribution in [0, 0.1) is 6.92 Å². The maximum atomic E-state index is 12.2. The lowest BCUT2D eigenvalue weighted by molar-refractivity contribution is 0.0913. The highest BCUT2D eigenvalue weighted by molar-refractivity contribution is 5.97. The van der Waals surface area contributed by atoms with E-state index in [0.717, 1.165) is 11.1 Å². The van der Waals surface area contributed by atoms with Crippen LogP contribution in [-0.2, 0) is 0 Å². The molecule has 0 aliphatic rings. The number of nitrogens with one attached hydrogen (secondary N) is 1. The summed E-state index contributed by atoms with van der Waals surface area (Å²) in [6.45, 7) is 1.64. The Bertz CT molecular complexity index is 596. The van der Waals surface area contributed by atoms with Crippen molar-refractivity contribution in [3.8, 4) is 5.75 Å². The molecular formula is C16H17NO3. The highest BCUT2D eigenvalue weighted by atomic mass is 16.3. The molecule has 1 atom stereocenters. The minimum absolute atomic E-state index is 0.0714. The quantitative estimate of drug-likeness (QED) is 0.798. The van der Waals surface area contributed by atoms with Gasteiger partial charge in [-0.3, -0.25) is 4.79 Å². The Morgan fingerprint density at radius 2 is 1.90 bits per heavy atom. The predicted molar refractivity (Wildman–Crippen MR) is 76.6 cm³/mol. The van der Waals surface area contributed by atoms with Crippen molar-refractivity contribution in [2.45, 2.75) is 13.0 Å². The number of hydrogen-bond donors (Lipinski definition) is 3. The van der Waals surface area contributed by atoms with Crippen molar-refractivity contribution in [3.05, 3.63) is 65.2 Å². The summed E-state index contributed by atoms with van der Waals surface area (Å²) in [5, 5.41) is 21.9. The highest BCUT2D eigenvalue weighted by Gasteiger charge is 2.17. The Hall–Kier alpha value is -2.33. The Kier molecular flexibility index (Phi) is 4.38. The van der Waals surface area contributed by atoms with Crippen molar-refractivity contribution < 1.29 is 15.0 Å². The molecule has 20 heavy (non-hydrogen) atoms. The molecule has 104 valence electrons. The van der Waals surface area contributed by atoms with E-state index in [9.17, 15) is 15.0 Å². The SMILES string of the molecule is Cc1ccc(O)c(C(=O)NC(CO)c2ccccc2)c1. The number of aliphatic hydroxyl groups is 1. The average molecular weight is 271 g/mol. The van der Waals surface area contributed by atoms with Crippen LogP contribution < -0.4 is 5.32 Å². The predicted octanol–water partition coefficient (Wildman–Crippen LogP) is 2.16. The van der Waals surface area contributed by atoms with Gasteiger partial charge in [-0.05, 0) is 24.6 Å². The standard InChI is InChI=1S/C16H17NO3/c1-11-7-8-15(19)13(9-11)16(20)17-14(10-18)12-5-3-2-4-6-12/h2-9,14,18-19H,10H2,1H3,(H,17,20). The average Bonchev–Trinajstić information content (AvgIpc) is 2.48. The van der Waals surface area contributed by atoms with Crippen molar-refractivity contribution in [2.24, 2.45) is 0 Å². The van der Waals surface area contributed by atoms with Gasteiger partial charge in [0.05, 0.1) is 18.2 Å². The fourth-order valence-corrected chi connectivity index (χ4v) is 1.99. The molecule has 1 amide bonds. The smallest absolute Gasteiger partial charge is 0.255 e. The van der Waals surface area contributed by atoms with Crippen LogP contribution >= 0.6 is 0 Å². The van der Waals surface area contributed by atoms with Gasteiger partial charge in [0.1, 0.15) is 5.75 Å². The van der Waals surface area contributed by atoms with E-state index in [-0.39, 0.29) is 17.9 Å². The summed E-state index contributed by atoms with van der Waals surface area (Å²) in [4.78, 5) is 12.2. The fourth-order valence-electron chi connectivity index (χ4n) is 1.99. The van der Waals surface area contributed by atoms with E-state index in [0.29, 0.717) is 0 Å². The lowest BCUT2D eigenvalue weighted by Crippen LogP contribution is -2.30. The third-order valence-corrected chi connectivity index (χ3v) is 3.09. The first-order valence-electron chi connectivity index (χ1n) is 6.38. The van der Waals surface area contributed by atoms with E-state index in [1.807, 2.05) is 37.3 Å². The molecule has 0 aliphatic heterocycles. The number of phenols is 1. The zero-order valence-corrected chi connectivity index (χ0v) is 11.2. The Morgan fingerprint density at radius 3 is 2.55 bits per heavy atom. The van der Waals surface area contributed by atoms with Gasteiger partial charge in [0.15, 0.2) is 0 Å². The molecule has 0 fully saturated rings. The van der Waals surface area contributed by atoms with Crippen LogP contribution in [0.4, 0.5) is 0 Å². The third kappa shape index (κ3) is 3.16. The number of hydrogen-bond acceptors (Lipinski definition) is 3. The maximum Gasteiger partial charge on any atom is 0.255 e. The summed E-state index contributed by atoms with van der Waals surface area (Å²) in [6, 6.07) is 13.5. The van der Waals surface area contributed by atoms with E-state index in [1.54, 1.807) is 12.1 Å². The van der Waals surface area contributed by atoms with Crippen LogP contribution in [-0.4, -0.2) is 22.7 Å². The summed E-state index contributed by atoms with van der Waals surface area (Å²) in [5.74, 6) is -0.480. The van der Waals surface area contributed by atoms with E-state index >= 15 is 0 Å².